The van der Waals surface area contributed by atoms with E-state index in [9.17, 15) is 9.59 Å². The number of benzene rings is 1. The summed E-state index contributed by atoms with van der Waals surface area (Å²) in [6.45, 7) is 0. The summed E-state index contributed by atoms with van der Waals surface area (Å²) in [4.78, 5) is 24.5. The van der Waals surface area contributed by atoms with Gasteiger partial charge in [0.05, 0.1) is 19.2 Å². The van der Waals surface area contributed by atoms with E-state index in [-0.39, 0.29) is 11.8 Å². The first-order valence-corrected chi connectivity index (χ1v) is 8.63. The number of carbonyl (C=O) groups excluding carboxylic acids is 2. The summed E-state index contributed by atoms with van der Waals surface area (Å²) in [5, 5.41) is 3.32. The van der Waals surface area contributed by atoms with Gasteiger partial charge in [0, 0.05) is 12.3 Å². The quantitative estimate of drug-likeness (QED) is 0.798. The Kier molecular flexibility index (Phi) is 6.91. The van der Waals surface area contributed by atoms with Crippen molar-refractivity contribution in [2.24, 2.45) is 5.92 Å². The van der Waals surface area contributed by atoms with Crippen molar-refractivity contribution in [2.75, 3.05) is 14.2 Å². The van der Waals surface area contributed by atoms with Crippen LogP contribution >= 0.6 is 11.6 Å². The zero-order valence-corrected chi connectivity index (χ0v) is 14.9. The van der Waals surface area contributed by atoms with E-state index in [4.69, 9.17) is 21.1 Å². The molecule has 0 saturated heterocycles. The second-order valence-electron chi connectivity index (χ2n) is 6.09. The topological polar surface area (TPSA) is 64.6 Å². The number of carbonyl (C=O) groups is 2. The molecule has 1 fully saturated rings. The van der Waals surface area contributed by atoms with Gasteiger partial charge in [-0.25, -0.2) is 4.79 Å². The third-order valence-electron chi connectivity index (χ3n) is 4.43. The molecule has 132 valence electrons. The number of amides is 1. The van der Waals surface area contributed by atoms with Crippen molar-refractivity contribution in [1.82, 2.24) is 5.32 Å². The molecule has 1 amide bonds. The van der Waals surface area contributed by atoms with Crippen LogP contribution in [0.4, 0.5) is 0 Å². The fourth-order valence-corrected chi connectivity index (χ4v) is 3.34. The fraction of sp³-hybridized carbons (Fsp3) is 0.556. The van der Waals surface area contributed by atoms with Crippen molar-refractivity contribution in [3.63, 3.8) is 0 Å². The largest absolute Gasteiger partial charge is 0.495 e. The molecule has 0 bridgehead atoms. The Morgan fingerprint density at radius 3 is 2.54 bits per heavy atom. The van der Waals surface area contributed by atoms with Gasteiger partial charge in [-0.3, -0.25) is 4.79 Å². The van der Waals surface area contributed by atoms with Gasteiger partial charge in [0.25, 0.3) is 0 Å². The maximum Gasteiger partial charge on any atom is 0.328 e. The van der Waals surface area contributed by atoms with Gasteiger partial charge < -0.3 is 14.8 Å². The number of methoxy groups -OCH3 is 2. The van der Waals surface area contributed by atoms with E-state index in [1.807, 2.05) is 6.07 Å². The SMILES string of the molecule is COC(=O)[C@@H](Cc1ccc(OC)c(Cl)c1)NC(=O)C1CCCCC1. The van der Waals surface area contributed by atoms with Crippen LogP contribution in [0.3, 0.4) is 0 Å². The van der Waals surface area contributed by atoms with Gasteiger partial charge in [0.15, 0.2) is 0 Å². The number of nitrogens with one attached hydrogen (secondary N) is 1. The molecule has 1 aliphatic rings. The lowest BCUT2D eigenvalue weighted by Crippen LogP contribution is -2.45. The van der Waals surface area contributed by atoms with Gasteiger partial charge >= 0.3 is 5.97 Å². The maximum atomic E-state index is 12.4. The Bertz CT molecular complexity index is 584. The molecule has 0 heterocycles. The van der Waals surface area contributed by atoms with Gasteiger partial charge in [0.2, 0.25) is 5.91 Å². The highest BCUT2D eigenvalue weighted by Gasteiger charge is 2.27. The van der Waals surface area contributed by atoms with Gasteiger partial charge in [-0.1, -0.05) is 36.9 Å². The van der Waals surface area contributed by atoms with Crippen LogP contribution < -0.4 is 10.1 Å². The molecule has 6 heteroatoms. The Morgan fingerprint density at radius 1 is 1.25 bits per heavy atom. The van der Waals surface area contributed by atoms with Crippen LogP contribution in [0.5, 0.6) is 5.75 Å². The Morgan fingerprint density at radius 2 is 1.96 bits per heavy atom. The van der Waals surface area contributed by atoms with E-state index in [1.54, 1.807) is 19.2 Å². The molecule has 1 atom stereocenters. The second-order valence-corrected chi connectivity index (χ2v) is 6.50. The average Bonchev–Trinajstić information content (AvgIpc) is 2.61. The van der Waals surface area contributed by atoms with Gasteiger partial charge in [-0.15, -0.1) is 0 Å². The summed E-state index contributed by atoms with van der Waals surface area (Å²) in [5.74, 6) is 0.0439. The van der Waals surface area contributed by atoms with Gasteiger partial charge in [-0.2, -0.15) is 0 Å². The number of hydrogen-bond donors (Lipinski definition) is 1. The molecule has 0 radical (unpaired) electrons. The first-order valence-electron chi connectivity index (χ1n) is 8.25. The number of rotatable bonds is 6. The third-order valence-corrected chi connectivity index (χ3v) is 4.73. The van der Waals surface area contributed by atoms with Crippen LogP contribution in [0.25, 0.3) is 0 Å². The van der Waals surface area contributed by atoms with Gasteiger partial charge in [0.1, 0.15) is 11.8 Å². The minimum Gasteiger partial charge on any atom is -0.495 e. The van der Waals surface area contributed by atoms with Crippen molar-refractivity contribution >= 4 is 23.5 Å². The molecule has 1 aromatic rings. The van der Waals surface area contributed by atoms with E-state index in [2.05, 4.69) is 5.32 Å². The molecule has 1 N–H and O–H groups in total. The minimum atomic E-state index is -0.714. The molecule has 0 unspecified atom stereocenters. The number of halogens is 1. The molecule has 0 spiro atoms. The second kappa shape index (κ2) is 8.92. The molecule has 5 nitrogen and oxygen atoms in total. The van der Waals surface area contributed by atoms with Crippen LogP contribution in [-0.2, 0) is 20.7 Å². The van der Waals surface area contributed by atoms with Crippen molar-refractivity contribution in [3.8, 4) is 5.75 Å². The van der Waals surface area contributed by atoms with Crippen LogP contribution in [0.15, 0.2) is 18.2 Å². The summed E-state index contributed by atoms with van der Waals surface area (Å²) in [5.41, 5.74) is 0.833. The minimum absolute atomic E-state index is 0.00892. The predicted octanol–water partition coefficient (Wildman–Crippen LogP) is 3.13. The van der Waals surface area contributed by atoms with E-state index < -0.39 is 12.0 Å². The third kappa shape index (κ3) is 4.87. The summed E-state index contributed by atoms with van der Waals surface area (Å²) < 4.78 is 9.96. The lowest BCUT2D eigenvalue weighted by Gasteiger charge is -2.24. The Hall–Kier alpha value is -1.75. The monoisotopic (exact) mass is 353 g/mol. The zero-order chi connectivity index (χ0) is 17.5. The van der Waals surface area contributed by atoms with Crippen molar-refractivity contribution < 1.29 is 19.1 Å². The van der Waals surface area contributed by atoms with E-state index in [0.717, 1.165) is 31.2 Å². The molecule has 0 aliphatic heterocycles. The first kappa shape index (κ1) is 18.6. The van der Waals surface area contributed by atoms with Crippen molar-refractivity contribution in [1.29, 1.82) is 0 Å². The Labute approximate surface area is 147 Å². The fourth-order valence-electron chi connectivity index (χ4n) is 3.06. The number of esters is 1. The average molecular weight is 354 g/mol. The highest BCUT2D eigenvalue weighted by molar-refractivity contribution is 6.32. The van der Waals surface area contributed by atoms with Gasteiger partial charge in [-0.05, 0) is 30.5 Å². The zero-order valence-electron chi connectivity index (χ0n) is 14.1. The molecule has 24 heavy (non-hydrogen) atoms. The summed E-state index contributed by atoms with van der Waals surface area (Å²) >= 11 is 6.13. The smallest absolute Gasteiger partial charge is 0.328 e. The summed E-state index contributed by atoms with van der Waals surface area (Å²) in [7, 11) is 2.87. The maximum absolute atomic E-state index is 12.4. The standard InChI is InChI=1S/C18H24ClNO4/c1-23-16-9-8-12(10-14(16)19)11-15(18(22)24-2)20-17(21)13-6-4-3-5-7-13/h8-10,13,15H,3-7,11H2,1-2H3,(H,20,21)/t15-/m1/s1. The number of ether oxygens (including phenoxy) is 2. The lowest BCUT2D eigenvalue weighted by molar-refractivity contribution is -0.145. The normalized spacial score (nSPS) is 16.3. The predicted molar refractivity (Wildman–Crippen MR) is 92.2 cm³/mol. The molecular formula is C18H24ClNO4. The van der Waals surface area contributed by atoms with Crippen molar-refractivity contribution in [3.05, 3.63) is 28.8 Å². The van der Waals surface area contributed by atoms with E-state index in [0.29, 0.717) is 17.2 Å². The lowest BCUT2D eigenvalue weighted by atomic mass is 9.88. The van der Waals surface area contributed by atoms with Crippen LogP contribution in [0.2, 0.25) is 5.02 Å². The highest BCUT2D eigenvalue weighted by Crippen LogP contribution is 2.26. The molecule has 0 aromatic heterocycles. The van der Waals surface area contributed by atoms with Crippen LogP contribution in [0.1, 0.15) is 37.7 Å². The first-order chi connectivity index (χ1) is 11.5. The summed E-state index contributed by atoms with van der Waals surface area (Å²) in [6.07, 6.45) is 5.40. The van der Waals surface area contributed by atoms with Crippen LogP contribution in [-0.4, -0.2) is 32.1 Å². The molecule has 1 aromatic carbocycles. The number of hydrogen-bond acceptors (Lipinski definition) is 4. The molecular weight excluding hydrogens is 330 g/mol. The van der Waals surface area contributed by atoms with E-state index >= 15 is 0 Å². The molecule has 1 saturated carbocycles. The summed E-state index contributed by atoms with van der Waals surface area (Å²) in [6, 6.07) is 4.60. The molecule has 2 rings (SSSR count). The van der Waals surface area contributed by atoms with E-state index in [1.165, 1.54) is 13.5 Å². The van der Waals surface area contributed by atoms with Crippen LogP contribution in [0, 0.1) is 5.92 Å². The van der Waals surface area contributed by atoms with Crippen molar-refractivity contribution in [2.45, 2.75) is 44.6 Å². The Balaban J connectivity index is 2.06. The highest BCUT2D eigenvalue weighted by atomic mass is 35.5. The molecule has 1 aliphatic carbocycles.